The molecular formula is C14H18ClNO2. The highest BCUT2D eigenvalue weighted by atomic mass is 35.5. The molecule has 2 N–H and O–H groups in total. The number of halogens is 1. The minimum absolute atomic E-state index is 0.0686. The van der Waals surface area contributed by atoms with E-state index in [1.807, 2.05) is 19.1 Å². The molecule has 0 saturated heterocycles. The average molecular weight is 268 g/mol. The largest absolute Gasteiger partial charge is 0.396 e. The quantitative estimate of drug-likeness (QED) is 0.861. The number of carbonyl (C=O) groups is 1. The summed E-state index contributed by atoms with van der Waals surface area (Å²) in [6.45, 7) is 1.98. The van der Waals surface area contributed by atoms with Crippen LogP contribution in [0.3, 0.4) is 0 Å². The Balaban J connectivity index is 2.08. The fourth-order valence-corrected chi connectivity index (χ4v) is 2.34. The van der Waals surface area contributed by atoms with Crippen LogP contribution in [0.25, 0.3) is 0 Å². The molecule has 1 amide bonds. The number of benzene rings is 1. The van der Waals surface area contributed by atoms with Crippen molar-refractivity contribution in [2.45, 2.75) is 32.2 Å². The molecule has 1 unspecified atom stereocenters. The fraction of sp³-hybridized carbons (Fsp3) is 0.500. The van der Waals surface area contributed by atoms with Crippen molar-refractivity contribution in [2.75, 3.05) is 6.61 Å². The molecule has 0 radical (unpaired) electrons. The van der Waals surface area contributed by atoms with Gasteiger partial charge in [0.2, 0.25) is 0 Å². The first-order valence-electron chi connectivity index (χ1n) is 6.30. The predicted octanol–water partition coefficient (Wildman–Crippen LogP) is 2.54. The monoisotopic (exact) mass is 267 g/mol. The highest BCUT2D eigenvalue weighted by Gasteiger charge is 2.32. The zero-order valence-corrected chi connectivity index (χ0v) is 11.2. The Hall–Kier alpha value is -1.06. The normalized spacial score (nSPS) is 16.4. The summed E-state index contributed by atoms with van der Waals surface area (Å²) < 4.78 is 0. The molecular weight excluding hydrogens is 250 g/mol. The molecule has 3 nitrogen and oxygen atoms in total. The molecule has 2 rings (SSSR count). The van der Waals surface area contributed by atoms with E-state index < -0.39 is 0 Å². The van der Waals surface area contributed by atoms with Gasteiger partial charge in [-0.3, -0.25) is 4.79 Å². The fourth-order valence-electron chi connectivity index (χ4n) is 2.13. The van der Waals surface area contributed by atoms with Gasteiger partial charge in [-0.1, -0.05) is 23.7 Å². The van der Waals surface area contributed by atoms with Gasteiger partial charge in [-0.05, 0) is 43.7 Å². The second kappa shape index (κ2) is 5.72. The van der Waals surface area contributed by atoms with Crippen molar-refractivity contribution in [3.05, 3.63) is 34.3 Å². The van der Waals surface area contributed by atoms with E-state index >= 15 is 0 Å². The molecule has 1 aromatic carbocycles. The number of nitrogens with one attached hydrogen (secondary N) is 1. The number of hydrogen-bond donors (Lipinski definition) is 2. The summed E-state index contributed by atoms with van der Waals surface area (Å²) in [7, 11) is 0. The minimum Gasteiger partial charge on any atom is -0.396 e. The lowest BCUT2D eigenvalue weighted by Crippen LogP contribution is -2.37. The lowest BCUT2D eigenvalue weighted by Gasteiger charge is -2.17. The van der Waals surface area contributed by atoms with Gasteiger partial charge in [0.15, 0.2) is 0 Å². The Bertz CT molecular complexity index is 443. The molecule has 1 saturated carbocycles. The Morgan fingerprint density at radius 1 is 1.56 bits per heavy atom. The van der Waals surface area contributed by atoms with Crippen LogP contribution in [-0.2, 0) is 0 Å². The maximum Gasteiger partial charge on any atom is 0.253 e. The van der Waals surface area contributed by atoms with E-state index in [0.717, 1.165) is 18.4 Å². The second-order valence-electron chi connectivity index (χ2n) is 4.87. The third-order valence-electron chi connectivity index (χ3n) is 3.38. The van der Waals surface area contributed by atoms with E-state index in [0.29, 0.717) is 22.9 Å². The van der Waals surface area contributed by atoms with Crippen molar-refractivity contribution in [1.82, 2.24) is 5.32 Å². The molecule has 0 aliphatic heterocycles. The van der Waals surface area contributed by atoms with Crippen molar-refractivity contribution in [2.24, 2.45) is 5.92 Å². The van der Waals surface area contributed by atoms with Crippen molar-refractivity contribution in [1.29, 1.82) is 0 Å². The molecule has 1 fully saturated rings. The van der Waals surface area contributed by atoms with E-state index in [1.54, 1.807) is 6.07 Å². The molecule has 1 aliphatic carbocycles. The summed E-state index contributed by atoms with van der Waals surface area (Å²) in [4.78, 5) is 12.2. The summed E-state index contributed by atoms with van der Waals surface area (Å²) in [6.07, 6.45) is 2.87. The smallest absolute Gasteiger partial charge is 0.253 e. The van der Waals surface area contributed by atoms with Crippen molar-refractivity contribution in [3.63, 3.8) is 0 Å². The first kappa shape index (κ1) is 13.4. The van der Waals surface area contributed by atoms with Gasteiger partial charge in [-0.25, -0.2) is 0 Å². The number of aliphatic hydroxyl groups excluding tert-OH is 1. The van der Waals surface area contributed by atoms with E-state index in [4.69, 9.17) is 16.7 Å². The molecule has 0 bridgehead atoms. The van der Waals surface area contributed by atoms with Crippen LogP contribution in [0.15, 0.2) is 18.2 Å². The third kappa shape index (κ3) is 3.03. The molecule has 98 valence electrons. The van der Waals surface area contributed by atoms with E-state index in [9.17, 15) is 4.79 Å². The van der Waals surface area contributed by atoms with Crippen molar-refractivity contribution in [3.8, 4) is 0 Å². The molecule has 18 heavy (non-hydrogen) atoms. The van der Waals surface area contributed by atoms with Crippen molar-refractivity contribution < 1.29 is 9.90 Å². The molecule has 1 aliphatic rings. The van der Waals surface area contributed by atoms with Gasteiger partial charge < -0.3 is 10.4 Å². The van der Waals surface area contributed by atoms with Crippen LogP contribution in [0, 0.1) is 12.8 Å². The van der Waals surface area contributed by atoms with Gasteiger partial charge in [-0.2, -0.15) is 0 Å². The van der Waals surface area contributed by atoms with Crippen LogP contribution in [0.1, 0.15) is 35.2 Å². The van der Waals surface area contributed by atoms with Crippen LogP contribution in [-0.4, -0.2) is 23.7 Å². The topological polar surface area (TPSA) is 49.3 Å². The molecule has 4 heteroatoms. The third-order valence-corrected chi connectivity index (χ3v) is 3.89. The molecule has 0 aromatic heterocycles. The van der Waals surface area contributed by atoms with Crippen LogP contribution in [0.2, 0.25) is 5.02 Å². The lowest BCUT2D eigenvalue weighted by atomic mass is 10.1. The van der Waals surface area contributed by atoms with Crippen LogP contribution < -0.4 is 5.32 Å². The number of amides is 1. The Morgan fingerprint density at radius 2 is 2.28 bits per heavy atom. The highest BCUT2D eigenvalue weighted by molar-refractivity contribution is 6.34. The zero-order valence-electron chi connectivity index (χ0n) is 10.4. The lowest BCUT2D eigenvalue weighted by molar-refractivity contribution is 0.0924. The number of carbonyl (C=O) groups excluding carboxylic acids is 1. The molecule has 1 atom stereocenters. The van der Waals surface area contributed by atoms with E-state index in [-0.39, 0.29) is 18.6 Å². The molecule has 0 spiro atoms. The van der Waals surface area contributed by atoms with E-state index in [1.165, 1.54) is 0 Å². The van der Waals surface area contributed by atoms with Gasteiger partial charge in [0, 0.05) is 12.6 Å². The van der Waals surface area contributed by atoms with Gasteiger partial charge in [-0.15, -0.1) is 0 Å². The number of hydrogen-bond acceptors (Lipinski definition) is 2. The standard InChI is InChI=1S/C14H18ClNO2/c1-9-3-2-4-11(13(9)15)14(18)16-12(7-8-17)10-5-6-10/h2-4,10,12,17H,5-8H2,1H3,(H,16,18). The summed E-state index contributed by atoms with van der Waals surface area (Å²) in [5.41, 5.74) is 1.41. The average Bonchev–Trinajstić information content (AvgIpc) is 3.16. The SMILES string of the molecule is Cc1cccc(C(=O)NC(CCO)C2CC2)c1Cl. The number of aliphatic hydroxyl groups is 1. The first-order chi connectivity index (χ1) is 8.63. The number of rotatable bonds is 5. The highest BCUT2D eigenvalue weighted by Crippen LogP contribution is 2.34. The summed E-state index contributed by atoms with van der Waals surface area (Å²) in [5.74, 6) is 0.374. The maximum atomic E-state index is 12.2. The molecule has 0 heterocycles. The molecule has 1 aromatic rings. The van der Waals surface area contributed by atoms with Crippen LogP contribution in [0.4, 0.5) is 0 Å². The summed E-state index contributed by atoms with van der Waals surface area (Å²) in [6, 6.07) is 5.51. The minimum atomic E-state index is -0.144. The summed E-state index contributed by atoms with van der Waals surface area (Å²) >= 11 is 6.13. The van der Waals surface area contributed by atoms with Gasteiger partial charge in [0.25, 0.3) is 5.91 Å². The van der Waals surface area contributed by atoms with Gasteiger partial charge in [0.05, 0.1) is 10.6 Å². The Labute approximate surface area is 112 Å². The van der Waals surface area contributed by atoms with Crippen LogP contribution in [0.5, 0.6) is 0 Å². The first-order valence-corrected chi connectivity index (χ1v) is 6.68. The predicted molar refractivity (Wildman–Crippen MR) is 71.9 cm³/mol. The van der Waals surface area contributed by atoms with Crippen LogP contribution >= 0.6 is 11.6 Å². The Kier molecular flexibility index (Phi) is 4.25. The van der Waals surface area contributed by atoms with Gasteiger partial charge in [0.1, 0.15) is 0 Å². The van der Waals surface area contributed by atoms with E-state index in [2.05, 4.69) is 5.32 Å². The number of aryl methyl sites for hydroxylation is 1. The summed E-state index contributed by atoms with van der Waals surface area (Å²) in [5, 5.41) is 12.5. The van der Waals surface area contributed by atoms with Gasteiger partial charge >= 0.3 is 0 Å². The Morgan fingerprint density at radius 3 is 2.89 bits per heavy atom. The maximum absolute atomic E-state index is 12.2. The van der Waals surface area contributed by atoms with Crippen molar-refractivity contribution >= 4 is 17.5 Å². The second-order valence-corrected chi connectivity index (χ2v) is 5.24. The zero-order chi connectivity index (χ0) is 13.1.